The maximum absolute atomic E-state index is 11.5. The summed E-state index contributed by atoms with van der Waals surface area (Å²) in [6.45, 7) is 1.89. The standard InChI is InChI=1S/C13H16BrN3O4/c1-8-9(17(20)21)6-15-11(10(8)14)16-7-13(12(18)19)4-2-3-5-13/h6H,2-5,7H2,1H3,(H,15,16)(H,18,19). The Morgan fingerprint density at radius 3 is 2.71 bits per heavy atom. The van der Waals surface area contributed by atoms with Gasteiger partial charge in [0, 0.05) is 12.1 Å². The molecule has 1 aliphatic carbocycles. The molecule has 2 rings (SSSR count). The van der Waals surface area contributed by atoms with Crippen LogP contribution in [0.2, 0.25) is 0 Å². The van der Waals surface area contributed by atoms with E-state index in [4.69, 9.17) is 0 Å². The van der Waals surface area contributed by atoms with Crippen molar-refractivity contribution >= 4 is 33.4 Å². The average Bonchev–Trinajstić information content (AvgIpc) is 2.90. The highest BCUT2D eigenvalue weighted by atomic mass is 79.9. The number of carbonyl (C=O) groups is 1. The van der Waals surface area contributed by atoms with Crippen LogP contribution in [0.15, 0.2) is 10.7 Å². The fourth-order valence-corrected chi connectivity index (χ4v) is 3.09. The van der Waals surface area contributed by atoms with Crippen molar-refractivity contribution in [2.75, 3.05) is 11.9 Å². The summed E-state index contributed by atoms with van der Waals surface area (Å²) in [5.41, 5.74) is -0.369. The first kappa shape index (κ1) is 15.7. The summed E-state index contributed by atoms with van der Waals surface area (Å²) in [5, 5.41) is 23.3. The van der Waals surface area contributed by atoms with Gasteiger partial charge in [0.2, 0.25) is 0 Å². The highest BCUT2D eigenvalue weighted by Gasteiger charge is 2.41. The zero-order valence-electron chi connectivity index (χ0n) is 11.6. The van der Waals surface area contributed by atoms with E-state index in [1.54, 1.807) is 6.92 Å². The fraction of sp³-hybridized carbons (Fsp3) is 0.538. The van der Waals surface area contributed by atoms with E-state index >= 15 is 0 Å². The number of carboxylic acid groups (broad SMARTS) is 1. The van der Waals surface area contributed by atoms with E-state index in [9.17, 15) is 20.0 Å². The van der Waals surface area contributed by atoms with Crippen LogP contribution < -0.4 is 5.32 Å². The van der Waals surface area contributed by atoms with Crippen LogP contribution in [-0.2, 0) is 4.79 Å². The zero-order chi connectivity index (χ0) is 15.6. The van der Waals surface area contributed by atoms with E-state index < -0.39 is 16.3 Å². The van der Waals surface area contributed by atoms with Gasteiger partial charge in [0.25, 0.3) is 5.69 Å². The van der Waals surface area contributed by atoms with Crippen molar-refractivity contribution < 1.29 is 14.8 Å². The molecular formula is C13H16BrN3O4. The molecule has 1 aromatic heterocycles. The van der Waals surface area contributed by atoms with Crippen molar-refractivity contribution in [3.05, 3.63) is 26.3 Å². The molecule has 0 bridgehead atoms. The number of anilines is 1. The minimum Gasteiger partial charge on any atom is -0.481 e. The number of aliphatic carboxylic acids is 1. The van der Waals surface area contributed by atoms with Gasteiger partial charge in [-0.1, -0.05) is 12.8 Å². The zero-order valence-corrected chi connectivity index (χ0v) is 13.1. The number of nitro groups is 1. The number of carboxylic acids is 1. The van der Waals surface area contributed by atoms with Crippen molar-refractivity contribution in [1.29, 1.82) is 0 Å². The molecule has 1 aromatic rings. The molecule has 8 heteroatoms. The average molecular weight is 358 g/mol. The summed E-state index contributed by atoms with van der Waals surface area (Å²) in [7, 11) is 0. The van der Waals surface area contributed by atoms with E-state index in [1.807, 2.05) is 0 Å². The molecular weight excluding hydrogens is 342 g/mol. The number of nitrogens with zero attached hydrogens (tertiary/aromatic N) is 2. The smallest absolute Gasteiger partial charge is 0.311 e. The largest absolute Gasteiger partial charge is 0.481 e. The normalized spacial score (nSPS) is 16.7. The van der Waals surface area contributed by atoms with E-state index in [0.717, 1.165) is 12.8 Å². The van der Waals surface area contributed by atoms with Gasteiger partial charge in [-0.25, -0.2) is 4.98 Å². The summed E-state index contributed by atoms with van der Waals surface area (Å²) in [5.74, 6) is -0.368. The van der Waals surface area contributed by atoms with Crippen LogP contribution in [0.5, 0.6) is 0 Å². The predicted molar refractivity (Wildman–Crippen MR) is 80.4 cm³/mol. The maximum Gasteiger partial charge on any atom is 0.311 e. The summed E-state index contributed by atoms with van der Waals surface area (Å²) < 4.78 is 0.496. The van der Waals surface area contributed by atoms with Crippen LogP contribution in [0.3, 0.4) is 0 Å². The summed E-state index contributed by atoms with van der Waals surface area (Å²) in [6, 6.07) is 0. The van der Waals surface area contributed by atoms with Crippen molar-refractivity contribution in [2.45, 2.75) is 32.6 Å². The topological polar surface area (TPSA) is 105 Å². The molecule has 7 nitrogen and oxygen atoms in total. The van der Waals surface area contributed by atoms with Crippen molar-refractivity contribution in [1.82, 2.24) is 4.98 Å². The molecule has 0 aromatic carbocycles. The molecule has 1 saturated carbocycles. The highest BCUT2D eigenvalue weighted by molar-refractivity contribution is 9.10. The fourth-order valence-electron chi connectivity index (χ4n) is 2.65. The van der Waals surface area contributed by atoms with Crippen LogP contribution in [-0.4, -0.2) is 27.5 Å². The van der Waals surface area contributed by atoms with E-state index in [2.05, 4.69) is 26.2 Å². The minimum absolute atomic E-state index is 0.0683. The third kappa shape index (κ3) is 2.99. The van der Waals surface area contributed by atoms with Gasteiger partial charge in [-0.2, -0.15) is 0 Å². The first-order chi connectivity index (χ1) is 9.87. The predicted octanol–water partition coefficient (Wildman–Crippen LogP) is 3.12. The van der Waals surface area contributed by atoms with Crippen LogP contribution in [0.25, 0.3) is 0 Å². The second-order valence-corrected chi connectivity index (χ2v) is 6.13. The first-order valence-electron chi connectivity index (χ1n) is 6.64. The summed E-state index contributed by atoms with van der Waals surface area (Å²) >= 11 is 3.29. The Bertz CT molecular complexity index is 585. The van der Waals surface area contributed by atoms with Crippen LogP contribution in [0, 0.1) is 22.5 Å². The van der Waals surface area contributed by atoms with E-state index in [0.29, 0.717) is 28.7 Å². The lowest BCUT2D eigenvalue weighted by Crippen LogP contribution is -2.35. The molecule has 0 aliphatic heterocycles. The van der Waals surface area contributed by atoms with Gasteiger partial charge in [-0.05, 0) is 35.7 Å². The molecule has 0 unspecified atom stereocenters. The number of halogens is 1. The number of hydrogen-bond acceptors (Lipinski definition) is 5. The Morgan fingerprint density at radius 2 is 2.19 bits per heavy atom. The van der Waals surface area contributed by atoms with Crippen molar-refractivity contribution in [3.63, 3.8) is 0 Å². The monoisotopic (exact) mass is 357 g/mol. The number of pyridine rings is 1. The number of rotatable bonds is 5. The van der Waals surface area contributed by atoms with Crippen molar-refractivity contribution in [3.8, 4) is 0 Å². The second kappa shape index (κ2) is 5.97. The summed E-state index contributed by atoms with van der Waals surface area (Å²) in [4.78, 5) is 25.8. The van der Waals surface area contributed by atoms with Gasteiger partial charge in [0.1, 0.15) is 12.0 Å². The number of nitrogens with one attached hydrogen (secondary N) is 1. The van der Waals surface area contributed by atoms with Gasteiger partial charge < -0.3 is 10.4 Å². The molecule has 0 spiro atoms. The third-order valence-corrected chi connectivity index (χ3v) is 5.01. The Morgan fingerprint density at radius 1 is 1.57 bits per heavy atom. The van der Waals surface area contributed by atoms with Crippen LogP contribution >= 0.6 is 15.9 Å². The highest BCUT2D eigenvalue weighted by Crippen LogP contribution is 2.39. The van der Waals surface area contributed by atoms with Crippen LogP contribution in [0.1, 0.15) is 31.2 Å². The van der Waals surface area contributed by atoms with Gasteiger partial charge >= 0.3 is 5.97 Å². The minimum atomic E-state index is -0.803. The number of hydrogen-bond donors (Lipinski definition) is 2. The van der Waals surface area contributed by atoms with Gasteiger partial charge in [-0.3, -0.25) is 14.9 Å². The quantitative estimate of drug-likeness (QED) is 0.619. The maximum atomic E-state index is 11.5. The molecule has 1 heterocycles. The van der Waals surface area contributed by atoms with Gasteiger partial charge in [0.15, 0.2) is 0 Å². The molecule has 0 atom stereocenters. The Balaban J connectivity index is 2.19. The molecule has 0 amide bonds. The Kier molecular flexibility index (Phi) is 4.46. The third-order valence-electron chi connectivity index (χ3n) is 4.04. The molecule has 2 N–H and O–H groups in total. The molecule has 1 aliphatic rings. The molecule has 1 fully saturated rings. The first-order valence-corrected chi connectivity index (χ1v) is 7.43. The van der Waals surface area contributed by atoms with Gasteiger partial charge in [-0.15, -0.1) is 0 Å². The molecule has 0 radical (unpaired) electrons. The molecule has 0 saturated heterocycles. The lowest BCUT2D eigenvalue weighted by molar-refractivity contribution is -0.385. The van der Waals surface area contributed by atoms with E-state index in [-0.39, 0.29) is 12.2 Å². The second-order valence-electron chi connectivity index (χ2n) is 5.33. The summed E-state index contributed by atoms with van der Waals surface area (Å²) in [6.07, 6.45) is 4.27. The lowest BCUT2D eigenvalue weighted by atomic mass is 9.86. The number of aromatic nitrogens is 1. The SMILES string of the molecule is Cc1c([N+](=O)[O-])cnc(NCC2(C(=O)O)CCCC2)c1Br. The lowest BCUT2D eigenvalue weighted by Gasteiger charge is -2.24. The Labute approximate surface area is 130 Å². The molecule has 114 valence electrons. The van der Waals surface area contributed by atoms with Crippen LogP contribution in [0.4, 0.5) is 11.5 Å². The van der Waals surface area contributed by atoms with E-state index in [1.165, 1.54) is 6.20 Å². The Hall–Kier alpha value is -1.70. The van der Waals surface area contributed by atoms with Crippen molar-refractivity contribution in [2.24, 2.45) is 5.41 Å². The van der Waals surface area contributed by atoms with Gasteiger partial charge in [0.05, 0.1) is 14.8 Å². The molecule has 21 heavy (non-hydrogen) atoms.